The normalized spacial score (nSPS) is 12.7. The second kappa shape index (κ2) is 9.59. The number of alkyl halides is 6. The molecule has 0 fully saturated rings. The molecule has 0 aromatic heterocycles. The Morgan fingerprint density at radius 2 is 1.45 bits per heavy atom. The molecule has 33 heavy (non-hydrogen) atoms. The summed E-state index contributed by atoms with van der Waals surface area (Å²) in [5, 5.41) is 2.14. The van der Waals surface area contributed by atoms with Gasteiger partial charge in [0, 0.05) is 18.7 Å². The Labute approximate surface area is 186 Å². The van der Waals surface area contributed by atoms with Gasteiger partial charge in [0.15, 0.2) is 0 Å². The molecule has 1 amide bonds. The molecule has 0 saturated carbocycles. The van der Waals surface area contributed by atoms with Gasteiger partial charge in [-0.15, -0.1) is 0 Å². The van der Waals surface area contributed by atoms with Crippen molar-refractivity contribution in [3.05, 3.63) is 53.1 Å². The third-order valence-electron chi connectivity index (χ3n) is 4.61. The Morgan fingerprint density at radius 3 is 1.88 bits per heavy atom. The van der Waals surface area contributed by atoms with Gasteiger partial charge < -0.3 is 10.1 Å². The van der Waals surface area contributed by atoms with Crippen LogP contribution in [-0.4, -0.2) is 38.8 Å². The molecule has 2 aromatic rings. The highest BCUT2D eigenvalue weighted by Gasteiger charge is 2.37. The number of ether oxygens (including phenoxy) is 1. The van der Waals surface area contributed by atoms with Gasteiger partial charge in [-0.25, -0.2) is 8.42 Å². The number of nitrogens with zero attached hydrogens (tertiary/aromatic N) is 1. The van der Waals surface area contributed by atoms with E-state index in [9.17, 15) is 39.6 Å². The SMILES string of the molecule is CCN(CC)S(=O)(=O)c1ccc(OC)c(NC(=O)c2cc(C(F)(F)F)cc(C(F)(F)F)c2)c1. The monoisotopic (exact) mass is 498 g/mol. The maximum atomic E-state index is 13.1. The van der Waals surface area contributed by atoms with Crippen molar-refractivity contribution in [3.8, 4) is 5.75 Å². The molecule has 13 heteroatoms. The Hall–Kier alpha value is -2.80. The maximum absolute atomic E-state index is 13.1. The summed E-state index contributed by atoms with van der Waals surface area (Å²) in [6.45, 7) is 3.52. The lowest BCUT2D eigenvalue weighted by Gasteiger charge is -2.20. The van der Waals surface area contributed by atoms with E-state index in [1.54, 1.807) is 13.8 Å². The lowest BCUT2D eigenvalue weighted by Crippen LogP contribution is -2.30. The smallest absolute Gasteiger partial charge is 0.416 e. The van der Waals surface area contributed by atoms with E-state index in [0.29, 0.717) is 0 Å². The topological polar surface area (TPSA) is 75.7 Å². The van der Waals surface area contributed by atoms with E-state index in [1.807, 2.05) is 0 Å². The van der Waals surface area contributed by atoms with E-state index in [0.717, 1.165) is 10.4 Å². The van der Waals surface area contributed by atoms with Crippen LogP contribution in [-0.2, 0) is 22.4 Å². The Balaban J connectivity index is 2.54. The van der Waals surface area contributed by atoms with Crippen LogP contribution in [0.4, 0.5) is 32.0 Å². The molecule has 0 atom stereocenters. The average molecular weight is 498 g/mol. The van der Waals surface area contributed by atoms with Crippen molar-refractivity contribution in [1.82, 2.24) is 4.31 Å². The molecule has 1 N–H and O–H groups in total. The molecule has 0 spiro atoms. The fraction of sp³-hybridized carbons (Fsp3) is 0.350. The number of sulfonamides is 1. The zero-order valence-electron chi connectivity index (χ0n) is 17.6. The minimum Gasteiger partial charge on any atom is -0.495 e. The number of hydrogen-bond donors (Lipinski definition) is 1. The minimum atomic E-state index is -5.13. The summed E-state index contributed by atoms with van der Waals surface area (Å²) < 4.78 is 110. The van der Waals surface area contributed by atoms with Crippen LogP contribution in [0.5, 0.6) is 5.75 Å². The van der Waals surface area contributed by atoms with Crippen molar-refractivity contribution in [2.45, 2.75) is 31.1 Å². The number of amides is 1. The molecule has 0 bridgehead atoms. The first-order valence-electron chi connectivity index (χ1n) is 9.44. The van der Waals surface area contributed by atoms with Crippen molar-refractivity contribution in [2.75, 3.05) is 25.5 Å². The van der Waals surface area contributed by atoms with Gasteiger partial charge in [0.1, 0.15) is 5.75 Å². The Bertz CT molecular complexity index is 1090. The zero-order chi connectivity index (χ0) is 25.2. The molecule has 0 unspecified atom stereocenters. The molecule has 0 aliphatic rings. The molecule has 2 aromatic carbocycles. The third kappa shape index (κ3) is 5.96. The van der Waals surface area contributed by atoms with Gasteiger partial charge in [-0.05, 0) is 36.4 Å². The number of anilines is 1. The summed E-state index contributed by atoms with van der Waals surface area (Å²) >= 11 is 0. The van der Waals surface area contributed by atoms with Gasteiger partial charge in [-0.3, -0.25) is 4.79 Å². The number of rotatable bonds is 7. The van der Waals surface area contributed by atoms with E-state index >= 15 is 0 Å². The molecule has 0 heterocycles. The van der Waals surface area contributed by atoms with Crippen molar-refractivity contribution in [1.29, 1.82) is 0 Å². The summed E-state index contributed by atoms with van der Waals surface area (Å²) in [4.78, 5) is 12.3. The standard InChI is InChI=1S/C20H20F6N2O4S/c1-4-28(5-2)33(30,31)15-6-7-17(32-3)16(11-15)27-18(29)12-8-13(19(21,22)23)10-14(9-12)20(24,25)26/h6-11H,4-5H2,1-3H3,(H,27,29). The fourth-order valence-electron chi connectivity index (χ4n) is 2.94. The number of hydrogen-bond acceptors (Lipinski definition) is 4. The summed E-state index contributed by atoms with van der Waals surface area (Å²) in [5.74, 6) is -1.37. The zero-order valence-corrected chi connectivity index (χ0v) is 18.5. The molecule has 0 aliphatic heterocycles. The molecule has 0 saturated heterocycles. The average Bonchev–Trinajstić information content (AvgIpc) is 2.72. The second-order valence-electron chi connectivity index (χ2n) is 6.70. The van der Waals surface area contributed by atoms with E-state index in [4.69, 9.17) is 4.74 Å². The first kappa shape index (κ1) is 26.5. The van der Waals surface area contributed by atoms with Crippen molar-refractivity contribution in [3.63, 3.8) is 0 Å². The van der Waals surface area contributed by atoms with E-state index < -0.39 is 45.0 Å². The predicted octanol–water partition coefficient (Wildman–Crippen LogP) is 5.02. The number of carbonyl (C=O) groups excluding carboxylic acids is 1. The predicted molar refractivity (Wildman–Crippen MR) is 108 cm³/mol. The van der Waals surface area contributed by atoms with Crippen molar-refractivity contribution in [2.24, 2.45) is 0 Å². The van der Waals surface area contributed by atoms with Crippen LogP contribution in [0.15, 0.2) is 41.3 Å². The maximum Gasteiger partial charge on any atom is 0.416 e. The lowest BCUT2D eigenvalue weighted by atomic mass is 10.0. The third-order valence-corrected chi connectivity index (χ3v) is 6.66. The Morgan fingerprint density at radius 1 is 0.939 bits per heavy atom. The second-order valence-corrected chi connectivity index (χ2v) is 8.64. The van der Waals surface area contributed by atoms with Crippen molar-refractivity contribution >= 4 is 21.6 Å². The highest BCUT2D eigenvalue weighted by Crippen LogP contribution is 2.37. The number of benzene rings is 2. The molecule has 182 valence electrons. The first-order valence-corrected chi connectivity index (χ1v) is 10.9. The van der Waals surface area contributed by atoms with Gasteiger partial charge in [0.05, 0.1) is 28.8 Å². The minimum absolute atomic E-state index is 0.0510. The summed E-state index contributed by atoms with van der Waals surface area (Å²) in [6.07, 6.45) is -10.3. The van der Waals surface area contributed by atoms with Gasteiger partial charge >= 0.3 is 12.4 Å². The van der Waals surface area contributed by atoms with E-state index in [2.05, 4.69) is 5.32 Å². The van der Waals surface area contributed by atoms with Crippen LogP contribution in [0.1, 0.15) is 35.3 Å². The van der Waals surface area contributed by atoms with Crippen LogP contribution in [0.25, 0.3) is 0 Å². The number of nitrogens with one attached hydrogen (secondary N) is 1. The van der Waals surface area contributed by atoms with Crippen LogP contribution in [0.3, 0.4) is 0 Å². The number of carbonyl (C=O) groups is 1. The van der Waals surface area contributed by atoms with Gasteiger partial charge in [-0.1, -0.05) is 13.8 Å². The van der Waals surface area contributed by atoms with Crippen LogP contribution in [0, 0.1) is 0 Å². The molecule has 6 nitrogen and oxygen atoms in total. The summed E-state index contributed by atoms with van der Waals surface area (Å²) in [5.41, 5.74) is -4.49. The van der Waals surface area contributed by atoms with E-state index in [-0.39, 0.29) is 47.6 Å². The van der Waals surface area contributed by atoms with E-state index in [1.165, 1.54) is 19.2 Å². The fourth-order valence-corrected chi connectivity index (χ4v) is 4.42. The van der Waals surface area contributed by atoms with Crippen LogP contribution in [0.2, 0.25) is 0 Å². The highest BCUT2D eigenvalue weighted by atomic mass is 32.2. The quantitative estimate of drug-likeness (QED) is 0.545. The summed E-state index contributed by atoms with van der Waals surface area (Å²) in [7, 11) is -2.78. The molecular formula is C20H20F6N2O4S. The molecule has 0 aliphatic carbocycles. The molecule has 2 rings (SSSR count). The largest absolute Gasteiger partial charge is 0.495 e. The summed E-state index contributed by atoms with van der Waals surface area (Å²) in [6, 6.07) is 3.87. The Kier molecular flexibility index (Phi) is 7.69. The number of halogens is 6. The highest BCUT2D eigenvalue weighted by molar-refractivity contribution is 7.89. The van der Waals surface area contributed by atoms with Gasteiger partial charge in [-0.2, -0.15) is 30.6 Å². The molecular weight excluding hydrogens is 478 g/mol. The molecule has 0 radical (unpaired) electrons. The first-order chi connectivity index (χ1) is 15.1. The van der Waals surface area contributed by atoms with Crippen LogP contribution < -0.4 is 10.1 Å². The lowest BCUT2D eigenvalue weighted by molar-refractivity contribution is -0.143. The van der Waals surface area contributed by atoms with Crippen molar-refractivity contribution < 1.29 is 44.3 Å². The van der Waals surface area contributed by atoms with Gasteiger partial charge in [0.25, 0.3) is 5.91 Å². The number of methoxy groups -OCH3 is 1. The van der Waals surface area contributed by atoms with Crippen LogP contribution >= 0.6 is 0 Å². The van der Waals surface area contributed by atoms with Gasteiger partial charge in [0.2, 0.25) is 10.0 Å².